The van der Waals surface area contributed by atoms with Crippen molar-refractivity contribution in [1.29, 1.82) is 0 Å². The van der Waals surface area contributed by atoms with Gasteiger partial charge in [0.1, 0.15) is 0 Å². The molecule has 0 bridgehead atoms. The number of carbonyl (C=O) groups excluding carboxylic acids is 3. The van der Waals surface area contributed by atoms with Crippen molar-refractivity contribution in [3.05, 3.63) is 29.3 Å². The molecule has 1 fully saturated rings. The number of likely N-dealkylation sites (N-methyl/N-ethyl adjacent to an activating group) is 1. The standard InChI is InChI=1S/C18H24N4O3/c1-12(2)19-18(25)22-8-6-21(7-9-22)17(24)13-4-5-15-14(10-13)11-16(23)20(15)3/h4-5,10,12H,6-9,11H2,1-3H3,(H,19,25). The van der Waals surface area contributed by atoms with E-state index in [1.807, 2.05) is 26.0 Å². The molecule has 0 unspecified atom stereocenters. The van der Waals surface area contributed by atoms with Crippen molar-refractivity contribution in [2.45, 2.75) is 26.3 Å². The summed E-state index contributed by atoms with van der Waals surface area (Å²) in [5, 5.41) is 2.87. The molecule has 0 saturated carbocycles. The van der Waals surface area contributed by atoms with Gasteiger partial charge >= 0.3 is 6.03 Å². The van der Waals surface area contributed by atoms with Crippen LogP contribution in [0.3, 0.4) is 0 Å². The Morgan fingerprint density at radius 1 is 1.08 bits per heavy atom. The van der Waals surface area contributed by atoms with Gasteiger partial charge in [0, 0.05) is 50.5 Å². The fourth-order valence-electron chi connectivity index (χ4n) is 3.24. The van der Waals surface area contributed by atoms with Crippen LogP contribution in [-0.4, -0.2) is 66.9 Å². The van der Waals surface area contributed by atoms with Gasteiger partial charge in [-0.3, -0.25) is 9.59 Å². The molecule has 0 atom stereocenters. The molecule has 1 aromatic carbocycles. The largest absolute Gasteiger partial charge is 0.336 e. The Morgan fingerprint density at radius 2 is 1.72 bits per heavy atom. The lowest BCUT2D eigenvalue weighted by Gasteiger charge is -2.35. The molecule has 3 rings (SSSR count). The van der Waals surface area contributed by atoms with Crippen molar-refractivity contribution in [2.75, 3.05) is 38.1 Å². The van der Waals surface area contributed by atoms with Crippen LogP contribution in [0, 0.1) is 0 Å². The van der Waals surface area contributed by atoms with Crippen molar-refractivity contribution in [3.8, 4) is 0 Å². The highest BCUT2D eigenvalue weighted by atomic mass is 16.2. The smallest absolute Gasteiger partial charge is 0.317 e. The number of fused-ring (bicyclic) bond motifs is 1. The lowest BCUT2D eigenvalue weighted by atomic mass is 10.1. The fourth-order valence-corrected chi connectivity index (χ4v) is 3.24. The number of piperazine rings is 1. The molecule has 134 valence electrons. The van der Waals surface area contributed by atoms with Gasteiger partial charge in [-0.1, -0.05) is 0 Å². The first kappa shape index (κ1) is 17.3. The van der Waals surface area contributed by atoms with Crippen LogP contribution in [0.1, 0.15) is 29.8 Å². The molecule has 1 saturated heterocycles. The number of amides is 4. The average Bonchev–Trinajstić information content (AvgIpc) is 2.87. The summed E-state index contributed by atoms with van der Waals surface area (Å²) in [4.78, 5) is 41.6. The van der Waals surface area contributed by atoms with E-state index in [9.17, 15) is 14.4 Å². The normalized spacial score (nSPS) is 17.1. The summed E-state index contributed by atoms with van der Waals surface area (Å²) in [7, 11) is 1.75. The zero-order chi connectivity index (χ0) is 18.1. The van der Waals surface area contributed by atoms with Gasteiger partial charge in [0.15, 0.2) is 0 Å². The Balaban J connectivity index is 1.63. The average molecular weight is 344 g/mol. The molecule has 0 aliphatic carbocycles. The van der Waals surface area contributed by atoms with Crippen LogP contribution in [0.2, 0.25) is 0 Å². The van der Waals surface area contributed by atoms with Gasteiger partial charge < -0.3 is 20.0 Å². The number of benzene rings is 1. The van der Waals surface area contributed by atoms with E-state index < -0.39 is 0 Å². The molecule has 2 aliphatic heterocycles. The monoisotopic (exact) mass is 344 g/mol. The van der Waals surface area contributed by atoms with Crippen molar-refractivity contribution >= 4 is 23.5 Å². The number of urea groups is 1. The van der Waals surface area contributed by atoms with Gasteiger partial charge in [0.25, 0.3) is 5.91 Å². The summed E-state index contributed by atoms with van der Waals surface area (Å²) in [6.45, 7) is 5.93. The van der Waals surface area contributed by atoms with Crippen LogP contribution in [-0.2, 0) is 11.2 Å². The predicted octanol–water partition coefficient (Wildman–Crippen LogP) is 1.08. The quantitative estimate of drug-likeness (QED) is 0.873. The maximum Gasteiger partial charge on any atom is 0.317 e. The Labute approximate surface area is 147 Å². The molecule has 0 radical (unpaired) electrons. The lowest BCUT2D eigenvalue weighted by Crippen LogP contribution is -2.54. The van der Waals surface area contributed by atoms with Gasteiger partial charge in [0.05, 0.1) is 6.42 Å². The first-order valence-corrected chi connectivity index (χ1v) is 8.61. The fraction of sp³-hybridized carbons (Fsp3) is 0.500. The minimum absolute atomic E-state index is 0.0457. The third-order valence-corrected chi connectivity index (χ3v) is 4.67. The summed E-state index contributed by atoms with van der Waals surface area (Å²) >= 11 is 0. The molecular weight excluding hydrogens is 320 g/mol. The maximum atomic E-state index is 12.7. The topological polar surface area (TPSA) is 73.0 Å². The SMILES string of the molecule is CC(C)NC(=O)N1CCN(C(=O)c2ccc3c(c2)CC(=O)N3C)CC1. The number of hydrogen-bond acceptors (Lipinski definition) is 3. The summed E-state index contributed by atoms with van der Waals surface area (Å²) < 4.78 is 0. The molecule has 7 heteroatoms. The molecule has 2 aliphatic rings. The van der Waals surface area contributed by atoms with E-state index in [1.165, 1.54) is 0 Å². The van der Waals surface area contributed by atoms with Gasteiger partial charge in [-0.2, -0.15) is 0 Å². The second kappa shape index (κ2) is 6.74. The molecular formula is C18H24N4O3. The second-order valence-corrected chi connectivity index (χ2v) is 6.86. The van der Waals surface area contributed by atoms with E-state index in [0.717, 1.165) is 11.3 Å². The second-order valence-electron chi connectivity index (χ2n) is 6.86. The summed E-state index contributed by atoms with van der Waals surface area (Å²) in [6, 6.07) is 5.44. The highest BCUT2D eigenvalue weighted by molar-refractivity contribution is 6.03. The maximum absolute atomic E-state index is 12.7. The summed E-state index contributed by atoms with van der Waals surface area (Å²) in [5.74, 6) is -0.00176. The van der Waals surface area contributed by atoms with E-state index in [4.69, 9.17) is 0 Å². The minimum Gasteiger partial charge on any atom is -0.336 e. The van der Waals surface area contributed by atoms with E-state index >= 15 is 0 Å². The third-order valence-electron chi connectivity index (χ3n) is 4.67. The first-order valence-electron chi connectivity index (χ1n) is 8.61. The molecule has 0 spiro atoms. The molecule has 0 aromatic heterocycles. The zero-order valence-corrected chi connectivity index (χ0v) is 14.9. The number of nitrogens with one attached hydrogen (secondary N) is 1. The Morgan fingerprint density at radius 3 is 2.36 bits per heavy atom. The number of hydrogen-bond donors (Lipinski definition) is 1. The summed E-state index contributed by atoms with van der Waals surface area (Å²) in [5.41, 5.74) is 2.37. The molecule has 4 amide bonds. The van der Waals surface area contributed by atoms with E-state index in [1.54, 1.807) is 27.8 Å². The highest BCUT2D eigenvalue weighted by Gasteiger charge is 2.28. The Hall–Kier alpha value is -2.57. The van der Waals surface area contributed by atoms with Gasteiger partial charge in [-0.15, -0.1) is 0 Å². The highest BCUT2D eigenvalue weighted by Crippen LogP contribution is 2.28. The van der Waals surface area contributed by atoms with Crippen LogP contribution < -0.4 is 10.2 Å². The van der Waals surface area contributed by atoms with Crippen molar-refractivity contribution in [1.82, 2.24) is 15.1 Å². The van der Waals surface area contributed by atoms with Crippen LogP contribution in [0.25, 0.3) is 0 Å². The van der Waals surface area contributed by atoms with Crippen LogP contribution in [0.4, 0.5) is 10.5 Å². The van der Waals surface area contributed by atoms with Gasteiger partial charge in [0.2, 0.25) is 5.91 Å². The van der Waals surface area contributed by atoms with E-state index in [2.05, 4.69) is 5.32 Å². The van der Waals surface area contributed by atoms with Crippen LogP contribution >= 0.6 is 0 Å². The molecule has 25 heavy (non-hydrogen) atoms. The van der Waals surface area contributed by atoms with Crippen molar-refractivity contribution < 1.29 is 14.4 Å². The third kappa shape index (κ3) is 3.45. The molecule has 1 aromatic rings. The van der Waals surface area contributed by atoms with Crippen LogP contribution in [0.15, 0.2) is 18.2 Å². The Kier molecular flexibility index (Phi) is 4.65. The van der Waals surface area contributed by atoms with E-state index in [-0.39, 0.29) is 23.9 Å². The van der Waals surface area contributed by atoms with Crippen LogP contribution in [0.5, 0.6) is 0 Å². The predicted molar refractivity (Wildman–Crippen MR) is 94.7 cm³/mol. The molecule has 7 nitrogen and oxygen atoms in total. The van der Waals surface area contributed by atoms with Crippen molar-refractivity contribution in [2.24, 2.45) is 0 Å². The van der Waals surface area contributed by atoms with Crippen molar-refractivity contribution in [3.63, 3.8) is 0 Å². The van der Waals surface area contributed by atoms with Gasteiger partial charge in [-0.25, -0.2) is 4.79 Å². The molecule has 2 heterocycles. The Bertz CT molecular complexity index is 708. The zero-order valence-electron chi connectivity index (χ0n) is 14.9. The van der Waals surface area contributed by atoms with Gasteiger partial charge in [-0.05, 0) is 37.6 Å². The number of nitrogens with zero attached hydrogens (tertiary/aromatic N) is 3. The lowest BCUT2D eigenvalue weighted by molar-refractivity contribution is -0.117. The summed E-state index contributed by atoms with van der Waals surface area (Å²) in [6.07, 6.45) is 0.343. The van der Waals surface area contributed by atoms with E-state index in [0.29, 0.717) is 38.2 Å². The minimum atomic E-state index is -0.0822. The number of carbonyl (C=O) groups is 3. The first-order chi connectivity index (χ1) is 11.9. The number of anilines is 1. The molecule has 1 N–H and O–H groups in total. The number of rotatable bonds is 2.